The van der Waals surface area contributed by atoms with Gasteiger partial charge in [0, 0.05) is 6.07 Å². The van der Waals surface area contributed by atoms with Gasteiger partial charge >= 0.3 is 0 Å². The summed E-state index contributed by atoms with van der Waals surface area (Å²) in [6, 6.07) is 8.07. The van der Waals surface area contributed by atoms with Gasteiger partial charge in [0.25, 0.3) is 0 Å². The molecule has 0 heterocycles. The molecule has 3 heteroatoms. The molecule has 3 nitrogen and oxygen atoms in total. The van der Waals surface area contributed by atoms with E-state index in [1.165, 1.54) is 0 Å². The van der Waals surface area contributed by atoms with E-state index in [2.05, 4.69) is 32.9 Å². The lowest BCUT2D eigenvalue weighted by Gasteiger charge is -2.12. The Labute approximate surface area is 129 Å². The van der Waals surface area contributed by atoms with Crippen LogP contribution < -0.4 is 14.2 Å². The van der Waals surface area contributed by atoms with E-state index in [0.717, 1.165) is 38.5 Å². The van der Waals surface area contributed by atoms with Gasteiger partial charge in [-0.25, -0.2) is 0 Å². The maximum atomic E-state index is 5.70. The van der Waals surface area contributed by atoms with Crippen molar-refractivity contribution in [2.45, 2.75) is 59.3 Å². The van der Waals surface area contributed by atoms with E-state index in [1.807, 2.05) is 6.07 Å². The molecule has 0 spiro atoms. The second-order valence-corrected chi connectivity index (χ2v) is 5.06. The van der Waals surface area contributed by atoms with Crippen LogP contribution in [0.15, 0.2) is 6.07 Å². The lowest BCUT2D eigenvalue weighted by atomic mass is 10.3. The summed E-state index contributed by atoms with van der Waals surface area (Å²) in [6.45, 7) is 8.49. The minimum absolute atomic E-state index is 0.587. The van der Waals surface area contributed by atoms with Gasteiger partial charge in [-0.1, -0.05) is 40.0 Å². The number of hydrogen-bond donors (Lipinski definition) is 0. The van der Waals surface area contributed by atoms with Crippen molar-refractivity contribution in [3.63, 3.8) is 0 Å². The number of rotatable bonds is 12. The Hall–Kier alpha value is -1.38. The second-order valence-electron chi connectivity index (χ2n) is 5.06. The van der Waals surface area contributed by atoms with Gasteiger partial charge in [0.15, 0.2) is 0 Å². The van der Waals surface area contributed by atoms with Crippen LogP contribution in [0.5, 0.6) is 17.2 Å². The summed E-state index contributed by atoms with van der Waals surface area (Å²) in [7, 11) is 0. The molecule has 0 fully saturated rings. The summed E-state index contributed by atoms with van der Waals surface area (Å²) in [5, 5.41) is 0. The molecule has 21 heavy (non-hydrogen) atoms. The third-order valence-corrected chi connectivity index (χ3v) is 2.99. The zero-order valence-corrected chi connectivity index (χ0v) is 13.7. The van der Waals surface area contributed by atoms with E-state index in [1.54, 1.807) is 0 Å². The molecule has 0 aromatic heterocycles. The van der Waals surface area contributed by atoms with Crippen LogP contribution in [0.25, 0.3) is 0 Å². The van der Waals surface area contributed by atoms with Gasteiger partial charge in [0.2, 0.25) is 0 Å². The Bertz CT molecular complexity index is 307. The van der Waals surface area contributed by atoms with Crippen molar-refractivity contribution in [3.8, 4) is 17.2 Å². The number of ether oxygens (including phenoxy) is 3. The van der Waals surface area contributed by atoms with Gasteiger partial charge < -0.3 is 14.2 Å². The van der Waals surface area contributed by atoms with Crippen LogP contribution in [0.1, 0.15) is 59.3 Å². The number of unbranched alkanes of at least 4 members (excludes halogenated alkanes) is 3. The van der Waals surface area contributed by atoms with E-state index in [9.17, 15) is 0 Å². The number of hydrogen-bond acceptors (Lipinski definition) is 3. The lowest BCUT2D eigenvalue weighted by Crippen LogP contribution is -2.02. The molecule has 1 rings (SSSR count). The zero-order valence-electron chi connectivity index (χ0n) is 13.7. The molecule has 2 radical (unpaired) electrons. The lowest BCUT2D eigenvalue weighted by molar-refractivity contribution is 0.278. The molecule has 0 aliphatic heterocycles. The maximum absolute atomic E-state index is 5.70. The Kier molecular flexibility index (Phi) is 9.51. The van der Waals surface area contributed by atoms with Crippen LogP contribution in [-0.4, -0.2) is 19.8 Å². The first-order valence-electron chi connectivity index (χ1n) is 8.18. The molecule has 1 aromatic rings. The van der Waals surface area contributed by atoms with Crippen molar-refractivity contribution in [1.29, 1.82) is 0 Å². The van der Waals surface area contributed by atoms with E-state index in [-0.39, 0.29) is 0 Å². The predicted octanol–water partition coefficient (Wildman–Crippen LogP) is 4.82. The van der Waals surface area contributed by atoms with Gasteiger partial charge in [-0.3, -0.25) is 0 Å². The largest absolute Gasteiger partial charge is 0.493 e. The first kappa shape index (κ1) is 17.7. The standard InChI is InChI=1S/C18H28O3/c1-4-7-10-19-16-13-17(20-11-8-5-2)15-18(14-16)21-12-9-6-3/h13H,4-12H2,1-3H3. The Morgan fingerprint density at radius 2 is 1.14 bits per heavy atom. The van der Waals surface area contributed by atoms with Gasteiger partial charge in [-0.05, 0) is 19.3 Å². The van der Waals surface area contributed by atoms with E-state index < -0.39 is 0 Å². The van der Waals surface area contributed by atoms with E-state index >= 15 is 0 Å². The average molecular weight is 292 g/mol. The summed E-state index contributed by atoms with van der Waals surface area (Å²) < 4.78 is 17.1. The quantitative estimate of drug-likeness (QED) is 0.517. The first-order valence-corrected chi connectivity index (χ1v) is 8.18. The van der Waals surface area contributed by atoms with Crippen molar-refractivity contribution in [2.24, 2.45) is 0 Å². The highest BCUT2D eigenvalue weighted by Crippen LogP contribution is 2.27. The fourth-order valence-electron chi connectivity index (χ4n) is 1.65. The molecule has 1 aromatic carbocycles. The molecule has 0 aliphatic rings. The molecule has 0 unspecified atom stereocenters. The summed E-state index contributed by atoms with van der Waals surface area (Å²) in [5.74, 6) is 1.95. The molecule has 0 saturated carbocycles. The fourth-order valence-corrected chi connectivity index (χ4v) is 1.65. The Morgan fingerprint density at radius 1 is 0.714 bits per heavy atom. The predicted molar refractivity (Wildman–Crippen MR) is 85.3 cm³/mol. The van der Waals surface area contributed by atoms with Crippen LogP contribution in [0, 0.1) is 12.1 Å². The van der Waals surface area contributed by atoms with Crippen LogP contribution >= 0.6 is 0 Å². The van der Waals surface area contributed by atoms with Gasteiger partial charge in [0.1, 0.15) is 17.2 Å². The minimum atomic E-state index is 0.587. The maximum Gasteiger partial charge on any atom is 0.142 e. The van der Waals surface area contributed by atoms with Crippen LogP contribution in [0.2, 0.25) is 0 Å². The van der Waals surface area contributed by atoms with Crippen LogP contribution in [0.3, 0.4) is 0 Å². The molecule has 118 valence electrons. The van der Waals surface area contributed by atoms with Crippen molar-refractivity contribution >= 4 is 0 Å². The van der Waals surface area contributed by atoms with Crippen LogP contribution in [0.4, 0.5) is 0 Å². The van der Waals surface area contributed by atoms with Gasteiger partial charge in [0.05, 0.1) is 32.0 Å². The minimum Gasteiger partial charge on any atom is -0.493 e. The first-order chi connectivity index (χ1) is 10.3. The molecule has 0 aliphatic carbocycles. The normalized spacial score (nSPS) is 10.4. The summed E-state index contributed by atoms with van der Waals surface area (Å²) in [6.07, 6.45) is 6.41. The topological polar surface area (TPSA) is 27.7 Å². The molecule has 0 bridgehead atoms. The SMILES string of the molecule is CCCCOc1[c]c(OCCCC)cc(OCCCC)[c]1. The number of benzene rings is 1. The monoisotopic (exact) mass is 292 g/mol. The summed E-state index contributed by atoms with van der Waals surface area (Å²) in [4.78, 5) is 0. The smallest absolute Gasteiger partial charge is 0.142 e. The molecule has 0 saturated heterocycles. The van der Waals surface area contributed by atoms with Crippen molar-refractivity contribution in [1.82, 2.24) is 0 Å². The van der Waals surface area contributed by atoms with Crippen LogP contribution in [-0.2, 0) is 0 Å². The summed E-state index contributed by atoms with van der Waals surface area (Å²) >= 11 is 0. The second kappa shape index (κ2) is 11.3. The molecule has 0 atom stereocenters. The third-order valence-electron chi connectivity index (χ3n) is 2.99. The molecular formula is C18H28O3. The highest BCUT2D eigenvalue weighted by atomic mass is 16.5. The van der Waals surface area contributed by atoms with Gasteiger partial charge in [-0.2, -0.15) is 0 Å². The van der Waals surface area contributed by atoms with Crippen molar-refractivity contribution in [3.05, 3.63) is 18.2 Å². The van der Waals surface area contributed by atoms with Crippen molar-refractivity contribution < 1.29 is 14.2 Å². The van der Waals surface area contributed by atoms with Gasteiger partial charge in [-0.15, -0.1) is 0 Å². The van der Waals surface area contributed by atoms with E-state index in [4.69, 9.17) is 14.2 Å². The molecule has 0 amide bonds. The van der Waals surface area contributed by atoms with Crippen molar-refractivity contribution in [2.75, 3.05) is 19.8 Å². The Balaban J connectivity index is 2.65. The highest BCUT2D eigenvalue weighted by molar-refractivity contribution is 5.39. The molecule has 0 N–H and O–H groups in total. The zero-order chi connectivity index (χ0) is 15.3. The third kappa shape index (κ3) is 7.84. The highest BCUT2D eigenvalue weighted by Gasteiger charge is 2.06. The Morgan fingerprint density at radius 3 is 1.57 bits per heavy atom. The average Bonchev–Trinajstić information content (AvgIpc) is 2.48. The van der Waals surface area contributed by atoms with E-state index in [0.29, 0.717) is 37.1 Å². The summed E-state index contributed by atoms with van der Waals surface area (Å²) in [5.41, 5.74) is 0. The fraction of sp³-hybridized carbons (Fsp3) is 0.667. The molecular weight excluding hydrogens is 264 g/mol.